The second-order valence-corrected chi connectivity index (χ2v) is 4.76. The Balaban J connectivity index is 2.03. The Morgan fingerprint density at radius 3 is 2.87 bits per heavy atom. The van der Waals surface area contributed by atoms with Gasteiger partial charge < -0.3 is 4.74 Å². The molecule has 2 heterocycles. The van der Waals surface area contributed by atoms with E-state index in [1.54, 1.807) is 11.8 Å². The molecular weight excluding hydrogens is 210 g/mol. The maximum atomic E-state index is 5.39. The first-order chi connectivity index (χ1) is 7.29. The van der Waals surface area contributed by atoms with Crippen molar-refractivity contribution >= 4 is 23.1 Å². The monoisotopic (exact) mass is 227 g/mol. The van der Waals surface area contributed by atoms with E-state index in [9.17, 15) is 0 Å². The fourth-order valence-electron chi connectivity index (χ4n) is 2.07. The third kappa shape index (κ3) is 2.18. The average molecular weight is 227 g/mol. The molecule has 0 bridgehead atoms. The first kappa shape index (κ1) is 11.0. The van der Waals surface area contributed by atoms with E-state index in [1.807, 2.05) is 18.3 Å². The van der Waals surface area contributed by atoms with E-state index in [0.717, 1.165) is 37.8 Å². The summed E-state index contributed by atoms with van der Waals surface area (Å²) in [6, 6.07) is 0. The maximum absolute atomic E-state index is 5.39. The van der Waals surface area contributed by atoms with E-state index < -0.39 is 0 Å². The highest BCUT2D eigenvalue weighted by Gasteiger charge is 2.37. The van der Waals surface area contributed by atoms with Crippen LogP contribution in [0.3, 0.4) is 0 Å². The predicted octanol–water partition coefficient (Wildman–Crippen LogP) is 1.43. The number of hydrazone groups is 1. The Hall–Kier alpha value is -0.550. The minimum Gasteiger partial charge on any atom is -0.381 e. The summed E-state index contributed by atoms with van der Waals surface area (Å²) >= 11 is 1.65. The summed E-state index contributed by atoms with van der Waals surface area (Å²) < 4.78 is 5.39. The highest BCUT2D eigenvalue weighted by Crippen LogP contribution is 2.34. The molecule has 0 aliphatic carbocycles. The van der Waals surface area contributed by atoms with Gasteiger partial charge in [-0.2, -0.15) is 5.10 Å². The summed E-state index contributed by atoms with van der Waals surface area (Å²) in [5, 5.41) is 7.46. The number of thioether (sulfide) groups is 1. The Morgan fingerprint density at radius 1 is 1.53 bits per heavy atom. The van der Waals surface area contributed by atoms with Crippen LogP contribution in [0.2, 0.25) is 0 Å². The number of hydrogen-bond acceptors (Lipinski definition) is 4. The molecule has 15 heavy (non-hydrogen) atoms. The van der Waals surface area contributed by atoms with E-state index in [0.29, 0.717) is 0 Å². The number of amidine groups is 1. The molecule has 0 aromatic carbocycles. The number of hydrogen-bond donors (Lipinski definition) is 0. The van der Waals surface area contributed by atoms with Crippen molar-refractivity contribution in [2.45, 2.75) is 12.8 Å². The summed E-state index contributed by atoms with van der Waals surface area (Å²) in [6.07, 6.45) is 6.29. The maximum Gasteiger partial charge on any atom is 0.179 e. The highest BCUT2D eigenvalue weighted by atomic mass is 32.2. The van der Waals surface area contributed by atoms with Crippen LogP contribution < -0.4 is 0 Å². The third-order valence-corrected chi connectivity index (χ3v) is 3.78. The molecule has 0 radical (unpaired) electrons. The number of ether oxygens (including phenoxy) is 1. The lowest BCUT2D eigenvalue weighted by Crippen LogP contribution is -2.36. The quantitative estimate of drug-likeness (QED) is 0.464. The van der Waals surface area contributed by atoms with Gasteiger partial charge in [-0.15, -0.1) is 0 Å². The van der Waals surface area contributed by atoms with Crippen molar-refractivity contribution in [1.82, 2.24) is 5.01 Å². The highest BCUT2D eigenvalue weighted by molar-refractivity contribution is 8.13. The van der Waals surface area contributed by atoms with Crippen LogP contribution in [-0.2, 0) is 4.74 Å². The van der Waals surface area contributed by atoms with Crippen molar-refractivity contribution in [3.63, 3.8) is 0 Å². The van der Waals surface area contributed by atoms with Crippen LogP contribution in [0.5, 0.6) is 0 Å². The van der Waals surface area contributed by atoms with Crippen LogP contribution in [-0.4, -0.2) is 49.5 Å². The number of rotatable bonds is 0. The molecule has 1 fully saturated rings. The lowest BCUT2D eigenvalue weighted by Gasteiger charge is -2.31. The number of aliphatic imine (C=N–C) groups is 1. The molecule has 2 rings (SSSR count). The Bertz CT molecular complexity index is 284. The van der Waals surface area contributed by atoms with E-state index in [2.05, 4.69) is 16.3 Å². The Kier molecular flexibility index (Phi) is 3.31. The van der Waals surface area contributed by atoms with Gasteiger partial charge in [0, 0.05) is 31.9 Å². The summed E-state index contributed by atoms with van der Waals surface area (Å²) in [6.45, 7) is 2.68. The summed E-state index contributed by atoms with van der Waals surface area (Å²) in [5.74, 6) is 0. The molecule has 84 valence electrons. The van der Waals surface area contributed by atoms with Crippen LogP contribution in [0.4, 0.5) is 0 Å². The average Bonchev–Trinajstić information content (AvgIpc) is 2.65. The Morgan fingerprint density at radius 2 is 2.27 bits per heavy atom. The molecule has 1 saturated heterocycles. The van der Waals surface area contributed by atoms with Crippen LogP contribution in [0.25, 0.3) is 0 Å². The first-order valence-corrected chi connectivity index (χ1v) is 6.43. The van der Waals surface area contributed by atoms with Gasteiger partial charge in [-0.05, 0) is 19.1 Å². The van der Waals surface area contributed by atoms with Gasteiger partial charge >= 0.3 is 0 Å². The molecule has 2 aliphatic heterocycles. The summed E-state index contributed by atoms with van der Waals surface area (Å²) in [4.78, 5) is 4.23. The molecule has 4 nitrogen and oxygen atoms in total. The van der Waals surface area contributed by atoms with Gasteiger partial charge in [-0.25, -0.2) is 5.01 Å². The smallest absolute Gasteiger partial charge is 0.179 e. The van der Waals surface area contributed by atoms with Gasteiger partial charge in [0.05, 0.1) is 6.54 Å². The van der Waals surface area contributed by atoms with Crippen LogP contribution in [0.15, 0.2) is 10.1 Å². The zero-order chi connectivity index (χ0) is 10.7. The SMILES string of the molecule is C/N=C(/SC)N1CC2(C=N1)CCOCC2. The van der Waals surface area contributed by atoms with Crippen LogP contribution in [0, 0.1) is 5.41 Å². The minimum absolute atomic E-state index is 0.240. The largest absolute Gasteiger partial charge is 0.381 e. The lowest BCUT2D eigenvalue weighted by molar-refractivity contribution is 0.0456. The molecule has 0 atom stereocenters. The summed E-state index contributed by atoms with van der Waals surface area (Å²) in [7, 11) is 1.82. The predicted molar refractivity (Wildman–Crippen MR) is 64.6 cm³/mol. The normalized spacial score (nSPS) is 25.2. The molecular formula is C10H17N3OS. The van der Waals surface area contributed by atoms with Gasteiger partial charge in [0.25, 0.3) is 0 Å². The van der Waals surface area contributed by atoms with E-state index in [-0.39, 0.29) is 5.41 Å². The van der Waals surface area contributed by atoms with Crippen molar-refractivity contribution in [2.24, 2.45) is 15.5 Å². The van der Waals surface area contributed by atoms with Gasteiger partial charge in [-0.1, -0.05) is 11.8 Å². The van der Waals surface area contributed by atoms with Crippen molar-refractivity contribution < 1.29 is 4.74 Å². The van der Waals surface area contributed by atoms with E-state index in [4.69, 9.17) is 4.74 Å². The third-order valence-electron chi connectivity index (χ3n) is 3.02. The molecule has 0 N–H and O–H groups in total. The molecule has 0 aromatic rings. The zero-order valence-corrected chi connectivity index (χ0v) is 10.1. The standard InChI is InChI=1S/C10H17N3OS/c1-11-9(15-2)13-8-10(7-12-13)3-5-14-6-4-10/h7H,3-6,8H2,1-2H3/b11-9+. The lowest BCUT2D eigenvalue weighted by atomic mass is 9.82. The van der Waals surface area contributed by atoms with Crippen LogP contribution in [0.1, 0.15) is 12.8 Å². The fourth-order valence-corrected chi connectivity index (χ4v) is 2.57. The number of nitrogens with zero attached hydrogens (tertiary/aromatic N) is 3. The van der Waals surface area contributed by atoms with Crippen molar-refractivity contribution in [2.75, 3.05) is 33.1 Å². The van der Waals surface area contributed by atoms with Crippen molar-refractivity contribution in [3.8, 4) is 0 Å². The van der Waals surface area contributed by atoms with Gasteiger partial charge in [0.2, 0.25) is 0 Å². The van der Waals surface area contributed by atoms with E-state index in [1.165, 1.54) is 0 Å². The molecule has 2 aliphatic rings. The molecule has 1 spiro atoms. The van der Waals surface area contributed by atoms with Crippen molar-refractivity contribution in [3.05, 3.63) is 0 Å². The molecule has 0 amide bonds. The molecule has 0 aromatic heterocycles. The fraction of sp³-hybridized carbons (Fsp3) is 0.800. The molecule has 0 unspecified atom stereocenters. The zero-order valence-electron chi connectivity index (χ0n) is 9.27. The second kappa shape index (κ2) is 4.53. The van der Waals surface area contributed by atoms with Gasteiger partial charge in [-0.3, -0.25) is 4.99 Å². The molecule has 5 heteroatoms. The summed E-state index contributed by atoms with van der Waals surface area (Å²) in [5.41, 5.74) is 0.240. The van der Waals surface area contributed by atoms with E-state index >= 15 is 0 Å². The van der Waals surface area contributed by atoms with Crippen molar-refractivity contribution in [1.29, 1.82) is 0 Å². The second-order valence-electron chi connectivity index (χ2n) is 3.99. The Labute approximate surface area is 94.8 Å². The topological polar surface area (TPSA) is 37.2 Å². The molecule has 0 saturated carbocycles. The minimum atomic E-state index is 0.240. The first-order valence-electron chi connectivity index (χ1n) is 5.21. The van der Waals surface area contributed by atoms with Gasteiger partial charge in [0.1, 0.15) is 0 Å². The van der Waals surface area contributed by atoms with Gasteiger partial charge in [0.15, 0.2) is 5.17 Å². The van der Waals surface area contributed by atoms with Crippen LogP contribution >= 0.6 is 11.8 Å².